The lowest BCUT2D eigenvalue weighted by Gasteiger charge is -2.34. The number of carbonyl (C=O) groups excluding carboxylic acids is 1. The summed E-state index contributed by atoms with van der Waals surface area (Å²) in [5.41, 5.74) is 5.50. The summed E-state index contributed by atoms with van der Waals surface area (Å²) in [6, 6.07) is 10.3. The molecule has 6 nitrogen and oxygen atoms in total. The van der Waals surface area contributed by atoms with E-state index in [4.69, 9.17) is 4.74 Å². The van der Waals surface area contributed by atoms with Crippen LogP contribution >= 0.6 is 11.3 Å². The zero-order valence-corrected chi connectivity index (χ0v) is 16.0. The van der Waals surface area contributed by atoms with Crippen LogP contribution in [0.5, 0.6) is 0 Å². The smallest absolute Gasteiger partial charge is 0.246 e. The molecule has 1 atom stereocenters. The van der Waals surface area contributed by atoms with E-state index in [0.29, 0.717) is 13.2 Å². The van der Waals surface area contributed by atoms with Gasteiger partial charge in [0.2, 0.25) is 5.91 Å². The molecule has 1 N–H and O–H groups in total. The zero-order valence-electron chi connectivity index (χ0n) is 15.1. The number of nitrogens with one attached hydrogen (secondary N) is 1. The van der Waals surface area contributed by atoms with E-state index in [1.54, 1.807) is 11.3 Å². The molecule has 3 rings (SSSR count). The van der Waals surface area contributed by atoms with Gasteiger partial charge in [0.15, 0.2) is 0 Å². The minimum absolute atomic E-state index is 0.0296. The molecule has 1 amide bonds. The lowest BCUT2D eigenvalue weighted by Crippen LogP contribution is -2.42. The Labute approximate surface area is 157 Å². The van der Waals surface area contributed by atoms with Gasteiger partial charge in [0, 0.05) is 18.5 Å². The SMILES string of the molecule is C/C(=N/NC(=O)Cc1csc(C)n1)[C@@H](c1ccccc1)N1CCOCC1. The van der Waals surface area contributed by atoms with Gasteiger partial charge in [-0.15, -0.1) is 11.3 Å². The number of amides is 1. The summed E-state index contributed by atoms with van der Waals surface area (Å²) in [5.74, 6) is -0.150. The van der Waals surface area contributed by atoms with Gasteiger partial charge in [-0.1, -0.05) is 30.3 Å². The maximum absolute atomic E-state index is 12.2. The number of aromatic nitrogens is 1. The number of rotatable bonds is 6. The van der Waals surface area contributed by atoms with E-state index in [-0.39, 0.29) is 18.4 Å². The van der Waals surface area contributed by atoms with Crippen LogP contribution in [0.4, 0.5) is 0 Å². The molecule has 0 bridgehead atoms. The van der Waals surface area contributed by atoms with Crippen LogP contribution in [0, 0.1) is 6.92 Å². The molecule has 7 heteroatoms. The third-order valence-corrected chi connectivity index (χ3v) is 5.11. The Hall–Kier alpha value is -2.09. The van der Waals surface area contributed by atoms with Gasteiger partial charge >= 0.3 is 0 Å². The van der Waals surface area contributed by atoms with E-state index in [1.807, 2.05) is 37.4 Å². The Morgan fingerprint density at radius 1 is 1.35 bits per heavy atom. The molecule has 0 saturated carbocycles. The summed E-state index contributed by atoms with van der Waals surface area (Å²) in [6.07, 6.45) is 0.245. The largest absolute Gasteiger partial charge is 0.379 e. The fourth-order valence-corrected chi connectivity index (χ4v) is 3.70. The molecule has 2 aromatic rings. The van der Waals surface area contributed by atoms with Crippen molar-refractivity contribution in [3.8, 4) is 0 Å². The summed E-state index contributed by atoms with van der Waals surface area (Å²) in [5, 5.41) is 7.26. The van der Waals surface area contributed by atoms with E-state index in [2.05, 4.69) is 32.5 Å². The van der Waals surface area contributed by atoms with E-state index < -0.39 is 0 Å². The number of thiazole rings is 1. The normalized spacial score (nSPS) is 17.1. The molecule has 138 valence electrons. The van der Waals surface area contributed by atoms with Crippen molar-refractivity contribution in [2.45, 2.75) is 26.3 Å². The van der Waals surface area contributed by atoms with Crippen molar-refractivity contribution in [1.29, 1.82) is 0 Å². The first-order valence-electron chi connectivity index (χ1n) is 8.74. The molecule has 1 aromatic carbocycles. The molecular formula is C19H24N4O2S. The standard InChI is InChI=1S/C19H24N4O2S/c1-14(21-22-18(24)12-17-13-26-15(2)20-17)19(16-6-4-3-5-7-16)23-8-10-25-11-9-23/h3-7,13,19H,8-12H2,1-2H3,(H,22,24)/b21-14-/t19-/m0/s1. The molecule has 0 spiro atoms. The minimum atomic E-state index is -0.150. The van der Waals surface area contributed by atoms with Crippen molar-refractivity contribution in [1.82, 2.24) is 15.3 Å². The number of ether oxygens (including phenoxy) is 1. The highest BCUT2D eigenvalue weighted by atomic mass is 32.1. The van der Waals surface area contributed by atoms with Crippen LogP contribution in [-0.2, 0) is 16.0 Å². The number of aryl methyl sites for hydroxylation is 1. The average molecular weight is 372 g/mol. The highest BCUT2D eigenvalue weighted by Gasteiger charge is 2.25. The molecule has 0 unspecified atom stereocenters. The van der Waals surface area contributed by atoms with Crippen molar-refractivity contribution in [2.75, 3.05) is 26.3 Å². The van der Waals surface area contributed by atoms with E-state index >= 15 is 0 Å². The number of carbonyl (C=O) groups is 1. The van der Waals surface area contributed by atoms with Gasteiger partial charge in [-0.2, -0.15) is 5.10 Å². The molecular weight excluding hydrogens is 348 g/mol. The van der Waals surface area contributed by atoms with Gasteiger partial charge in [-0.3, -0.25) is 9.69 Å². The molecule has 0 aliphatic carbocycles. The van der Waals surface area contributed by atoms with Crippen LogP contribution in [0.15, 0.2) is 40.8 Å². The molecule has 0 radical (unpaired) electrons. The lowest BCUT2D eigenvalue weighted by molar-refractivity contribution is -0.120. The molecule has 1 aliphatic rings. The highest BCUT2D eigenvalue weighted by molar-refractivity contribution is 7.09. The fourth-order valence-electron chi connectivity index (χ4n) is 3.09. The molecule has 1 saturated heterocycles. The second-order valence-electron chi connectivity index (χ2n) is 6.28. The van der Waals surface area contributed by atoms with Crippen molar-refractivity contribution < 1.29 is 9.53 Å². The van der Waals surface area contributed by atoms with Crippen LogP contribution in [0.25, 0.3) is 0 Å². The summed E-state index contributed by atoms with van der Waals surface area (Å²) in [4.78, 5) is 18.8. The predicted octanol–water partition coefficient (Wildman–Crippen LogP) is 2.56. The van der Waals surface area contributed by atoms with Crippen molar-refractivity contribution >= 4 is 23.0 Å². The van der Waals surface area contributed by atoms with Gasteiger partial charge in [0.25, 0.3) is 0 Å². The van der Waals surface area contributed by atoms with Crippen LogP contribution in [0.1, 0.15) is 29.2 Å². The van der Waals surface area contributed by atoms with Crippen LogP contribution in [0.3, 0.4) is 0 Å². The maximum atomic E-state index is 12.2. The lowest BCUT2D eigenvalue weighted by atomic mass is 10.0. The first kappa shape index (κ1) is 18.7. The molecule has 26 heavy (non-hydrogen) atoms. The molecule has 2 heterocycles. The average Bonchev–Trinajstić information content (AvgIpc) is 3.07. The van der Waals surface area contributed by atoms with E-state index in [1.165, 1.54) is 5.56 Å². The number of benzene rings is 1. The van der Waals surface area contributed by atoms with Gasteiger partial charge in [-0.05, 0) is 19.4 Å². The van der Waals surface area contributed by atoms with Crippen LogP contribution < -0.4 is 5.43 Å². The van der Waals surface area contributed by atoms with Gasteiger partial charge in [-0.25, -0.2) is 10.4 Å². The number of hydrazone groups is 1. The fraction of sp³-hybridized carbons (Fsp3) is 0.421. The maximum Gasteiger partial charge on any atom is 0.246 e. The Morgan fingerprint density at radius 3 is 2.73 bits per heavy atom. The number of hydrogen-bond acceptors (Lipinski definition) is 6. The summed E-state index contributed by atoms with van der Waals surface area (Å²) in [7, 11) is 0. The summed E-state index contributed by atoms with van der Waals surface area (Å²) >= 11 is 1.55. The first-order chi connectivity index (χ1) is 12.6. The van der Waals surface area contributed by atoms with E-state index in [9.17, 15) is 4.79 Å². The predicted molar refractivity (Wildman–Crippen MR) is 103 cm³/mol. The van der Waals surface area contributed by atoms with Crippen molar-refractivity contribution in [3.05, 3.63) is 52.0 Å². The second-order valence-corrected chi connectivity index (χ2v) is 7.35. The quantitative estimate of drug-likeness (QED) is 0.625. The third-order valence-electron chi connectivity index (χ3n) is 4.29. The minimum Gasteiger partial charge on any atom is -0.379 e. The van der Waals surface area contributed by atoms with Gasteiger partial charge in [0.05, 0.1) is 42.1 Å². The topological polar surface area (TPSA) is 66.8 Å². The second kappa shape index (κ2) is 9.02. The number of nitrogens with zero attached hydrogens (tertiary/aromatic N) is 3. The molecule has 1 aliphatic heterocycles. The molecule has 1 aromatic heterocycles. The highest BCUT2D eigenvalue weighted by Crippen LogP contribution is 2.23. The third kappa shape index (κ3) is 4.97. The van der Waals surface area contributed by atoms with Crippen molar-refractivity contribution in [3.63, 3.8) is 0 Å². The Balaban J connectivity index is 1.70. The van der Waals surface area contributed by atoms with Gasteiger partial charge < -0.3 is 4.74 Å². The van der Waals surface area contributed by atoms with E-state index in [0.717, 1.165) is 29.5 Å². The zero-order chi connectivity index (χ0) is 18.4. The monoisotopic (exact) mass is 372 g/mol. The molecule has 1 fully saturated rings. The van der Waals surface area contributed by atoms with Gasteiger partial charge in [0.1, 0.15) is 0 Å². The van der Waals surface area contributed by atoms with Crippen LogP contribution in [-0.4, -0.2) is 47.8 Å². The summed E-state index contributed by atoms with van der Waals surface area (Å²) in [6.45, 7) is 7.01. The van der Waals surface area contributed by atoms with Crippen LogP contribution in [0.2, 0.25) is 0 Å². The Morgan fingerprint density at radius 2 is 2.08 bits per heavy atom. The number of hydrogen-bond donors (Lipinski definition) is 1. The summed E-state index contributed by atoms with van der Waals surface area (Å²) < 4.78 is 5.47. The number of morpholine rings is 1. The first-order valence-corrected chi connectivity index (χ1v) is 9.62. The Bertz CT molecular complexity index is 754. The Kier molecular flexibility index (Phi) is 6.49. The van der Waals surface area contributed by atoms with Crippen molar-refractivity contribution in [2.24, 2.45) is 5.10 Å².